The molecule has 0 atom stereocenters. The number of carbonyl (C=O) groups is 1. The maximum absolute atomic E-state index is 11.2. The molecule has 4 nitrogen and oxygen atoms in total. The van der Waals surface area contributed by atoms with E-state index >= 15 is 0 Å². The van der Waals surface area contributed by atoms with Crippen molar-refractivity contribution in [1.82, 2.24) is 15.3 Å². The summed E-state index contributed by atoms with van der Waals surface area (Å²) in [5, 5.41) is 3.07. The Balaban J connectivity index is 2.71. The van der Waals surface area contributed by atoms with Crippen LogP contribution in [0.25, 0.3) is 0 Å². The number of carbonyl (C=O) groups excluding carboxylic acids is 1. The minimum absolute atomic E-state index is 0.113. The second-order valence-electron chi connectivity index (χ2n) is 2.85. The number of amides is 1. The lowest BCUT2D eigenvalue weighted by molar-refractivity contribution is 0.261. The molecule has 0 spiro atoms. The van der Waals surface area contributed by atoms with Crippen molar-refractivity contribution in [2.45, 2.75) is 25.9 Å². The third-order valence-corrected chi connectivity index (χ3v) is 2.16. The van der Waals surface area contributed by atoms with Crippen LogP contribution in [0.1, 0.15) is 18.3 Å². The van der Waals surface area contributed by atoms with Crippen LogP contribution in [0.2, 0.25) is 0 Å². The number of rotatable bonds is 2. The molecule has 0 aliphatic heterocycles. The maximum atomic E-state index is 11.2. The average Bonchev–Trinajstić information content (AvgIpc) is 2.01. The summed E-state index contributed by atoms with van der Waals surface area (Å²) in [6.07, 6.45) is 0. The lowest BCUT2D eigenvalue weighted by Crippen LogP contribution is -2.17. The molecule has 5 heteroatoms. The molecule has 0 saturated heterocycles. The number of aryl methyl sites for hydroxylation is 2. The Morgan fingerprint density at radius 2 is 2.00 bits per heavy atom. The summed E-state index contributed by atoms with van der Waals surface area (Å²) >= 11 is 1.02. The zero-order chi connectivity index (χ0) is 10.6. The van der Waals surface area contributed by atoms with E-state index in [1.807, 2.05) is 26.8 Å². The quantitative estimate of drug-likeness (QED) is 0.599. The molecule has 1 aromatic heterocycles. The van der Waals surface area contributed by atoms with E-state index in [0.29, 0.717) is 11.7 Å². The summed E-state index contributed by atoms with van der Waals surface area (Å²) in [6.45, 7) is 6.27. The van der Waals surface area contributed by atoms with Crippen LogP contribution in [0.4, 0.5) is 4.79 Å². The van der Waals surface area contributed by atoms with Crippen molar-refractivity contribution in [3.63, 3.8) is 0 Å². The first-order valence-electron chi connectivity index (χ1n) is 4.39. The molecular weight excluding hydrogens is 198 g/mol. The van der Waals surface area contributed by atoms with E-state index in [9.17, 15) is 4.79 Å². The van der Waals surface area contributed by atoms with Gasteiger partial charge in [-0.25, -0.2) is 9.97 Å². The third kappa shape index (κ3) is 3.33. The molecule has 1 N–H and O–H groups in total. The minimum atomic E-state index is -0.113. The lowest BCUT2D eigenvalue weighted by atomic mass is 10.4. The fraction of sp³-hybridized carbons (Fsp3) is 0.444. The Morgan fingerprint density at radius 1 is 1.43 bits per heavy atom. The van der Waals surface area contributed by atoms with Crippen molar-refractivity contribution in [3.8, 4) is 0 Å². The van der Waals surface area contributed by atoms with Crippen LogP contribution >= 0.6 is 11.8 Å². The molecule has 14 heavy (non-hydrogen) atoms. The highest BCUT2D eigenvalue weighted by molar-refractivity contribution is 8.13. The van der Waals surface area contributed by atoms with E-state index < -0.39 is 0 Å². The first kappa shape index (κ1) is 11.0. The van der Waals surface area contributed by atoms with Gasteiger partial charge in [-0.15, -0.1) is 0 Å². The highest BCUT2D eigenvalue weighted by Crippen LogP contribution is 2.14. The number of hydrogen-bond donors (Lipinski definition) is 1. The topological polar surface area (TPSA) is 54.9 Å². The van der Waals surface area contributed by atoms with Crippen LogP contribution < -0.4 is 5.32 Å². The van der Waals surface area contributed by atoms with Gasteiger partial charge in [-0.05, 0) is 26.8 Å². The van der Waals surface area contributed by atoms with Gasteiger partial charge in [0.05, 0.1) is 0 Å². The van der Waals surface area contributed by atoms with Crippen LogP contribution in [0.3, 0.4) is 0 Å². The molecule has 0 radical (unpaired) electrons. The van der Waals surface area contributed by atoms with Crippen LogP contribution in [0.15, 0.2) is 11.2 Å². The predicted molar refractivity (Wildman–Crippen MR) is 56.4 cm³/mol. The van der Waals surface area contributed by atoms with E-state index in [-0.39, 0.29) is 5.24 Å². The monoisotopic (exact) mass is 211 g/mol. The molecule has 0 bridgehead atoms. The van der Waals surface area contributed by atoms with E-state index in [4.69, 9.17) is 0 Å². The zero-order valence-electron chi connectivity index (χ0n) is 8.50. The largest absolute Gasteiger partial charge is 0.347 e. The van der Waals surface area contributed by atoms with Gasteiger partial charge in [0.15, 0.2) is 5.16 Å². The molecule has 1 heterocycles. The van der Waals surface area contributed by atoms with Gasteiger partial charge in [-0.3, -0.25) is 4.79 Å². The van der Waals surface area contributed by atoms with Crippen molar-refractivity contribution < 1.29 is 4.79 Å². The van der Waals surface area contributed by atoms with Crippen LogP contribution in [0.5, 0.6) is 0 Å². The molecule has 0 aromatic carbocycles. The molecule has 1 amide bonds. The van der Waals surface area contributed by atoms with Crippen molar-refractivity contribution in [2.75, 3.05) is 6.54 Å². The van der Waals surface area contributed by atoms with Gasteiger partial charge in [0, 0.05) is 29.7 Å². The second kappa shape index (κ2) is 4.95. The number of thioether (sulfide) groups is 1. The summed E-state index contributed by atoms with van der Waals surface area (Å²) in [5.41, 5.74) is 1.76. The number of hydrogen-bond acceptors (Lipinski definition) is 4. The first-order valence-corrected chi connectivity index (χ1v) is 5.21. The van der Waals surface area contributed by atoms with Crippen LogP contribution in [-0.4, -0.2) is 21.8 Å². The van der Waals surface area contributed by atoms with Crippen LogP contribution in [-0.2, 0) is 0 Å². The molecule has 0 saturated carbocycles. The Labute approximate surface area is 87.5 Å². The van der Waals surface area contributed by atoms with Gasteiger partial charge in [-0.1, -0.05) is 0 Å². The van der Waals surface area contributed by atoms with Gasteiger partial charge in [0.25, 0.3) is 5.24 Å². The molecule has 0 unspecified atom stereocenters. The fourth-order valence-electron chi connectivity index (χ4n) is 1.00. The van der Waals surface area contributed by atoms with Crippen molar-refractivity contribution in [3.05, 3.63) is 17.5 Å². The SMILES string of the molecule is CCNC(=O)Sc1nc(C)cc(C)n1. The summed E-state index contributed by atoms with van der Waals surface area (Å²) in [4.78, 5) is 19.5. The zero-order valence-corrected chi connectivity index (χ0v) is 9.31. The molecular formula is C9H13N3OS. The van der Waals surface area contributed by atoms with Crippen molar-refractivity contribution >= 4 is 17.0 Å². The highest BCUT2D eigenvalue weighted by Gasteiger charge is 2.06. The maximum Gasteiger partial charge on any atom is 0.286 e. The molecule has 0 aliphatic carbocycles. The van der Waals surface area contributed by atoms with E-state index in [2.05, 4.69) is 15.3 Å². The molecule has 76 valence electrons. The highest BCUT2D eigenvalue weighted by atomic mass is 32.2. The molecule has 1 aromatic rings. The Bertz CT molecular complexity index is 321. The minimum Gasteiger partial charge on any atom is -0.347 e. The van der Waals surface area contributed by atoms with E-state index in [0.717, 1.165) is 23.1 Å². The standard InChI is InChI=1S/C9H13N3OS/c1-4-10-9(13)14-8-11-6(2)5-7(3)12-8/h5H,4H2,1-3H3,(H,10,13). The molecule has 0 aliphatic rings. The Kier molecular flexibility index (Phi) is 3.88. The average molecular weight is 211 g/mol. The first-order chi connectivity index (χ1) is 6.61. The summed E-state index contributed by atoms with van der Waals surface area (Å²) in [6, 6.07) is 1.88. The van der Waals surface area contributed by atoms with E-state index in [1.165, 1.54) is 0 Å². The summed E-state index contributed by atoms with van der Waals surface area (Å²) in [7, 11) is 0. The van der Waals surface area contributed by atoms with Crippen molar-refractivity contribution in [1.29, 1.82) is 0 Å². The predicted octanol–water partition coefficient (Wildman–Crippen LogP) is 1.92. The smallest absolute Gasteiger partial charge is 0.286 e. The number of aromatic nitrogens is 2. The van der Waals surface area contributed by atoms with E-state index in [1.54, 1.807) is 0 Å². The van der Waals surface area contributed by atoms with Crippen molar-refractivity contribution in [2.24, 2.45) is 0 Å². The van der Waals surface area contributed by atoms with Gasteiger partial charge < -0.3 is 5.32 Å². The van der Waals surface area contributed by atoms with Gasteiger partial charge >= 0.3 is 0 Å². The Morgan fingerprint density at radius 3 is 2.50 bits per heavy atom. The molecule has 1 rings (SSSR count). The Hall–Kier alpha value is -1.10. The van der Waals surface area contributed by atoms with Gasteiger partial charge in [0.2, 0.25) is 0 Å². The lowest BCUT2D eigenvalue weighted by Gasteiger charge is -2.02. The third-order valence-electron chi connectivity index (χ3n) is 1.47. The van der Waals surface area contributed by atoms with Gasteiger partial charge in [-0.2, -0.15) is 0 Å². The number of nitrogens with zero attached hydrogens (tertiary/aromatic N) is 2. The van der Waals surface area contributed by atoms with Crippen LogP contribution in [0, 0.1) is 13.8 Å². The summed E-state index contributed by atoms with van der Waals surface area (Å²) in [5.74, 6) is 0. The normalized spacial score (nSPS) is 9.93. The summed E-state index contributed by atoms with van der Waals surface area (Å²) < 4.78 is 0. The molecule has 0 fully saturated rings. The second-order valence-corrected chi connectivity index (χ2v) is 3.79. The fourth-order valence-corrected chi connectivity index (χ4v) is 1.76. The number of nitrogens with one attached hydrogen (secondary N) is 1. The van der Waals surface area contributed by atoms with Gasteiger partial charge in [0.1, 0.15) is 0 Å².